The van der Waals surface area contributed by atoms with Crippen LogP contribution in [-0.2, 0) is 6.54 Å². The fourth-order valence-corrected chi connectivity index (χ4v) is 1.95. The Balaban J connectivity index is 1.70. The van der Waals surface area contributed by atoms with Crippen molar-refractivity contribution in [2.75, 3.05) is 0 Å². The quantitative estimate of drug-likeness (QED) is 0.887. The summed E-state index contributed by atoms with van der Waals surface area (Å²) in [5.41, 5.74) is 2.33. The molecule has 3 heteroatoms. The van der Waals surface area contributed by atoms with Crippen molar-refractivity contribution in [2.24, 2.45) is 0 Å². The summed E-state index contributed by atoms with van der Waals surface area (Å²) in [7, 11) is 0. The molecule has 98 valence electrons. The molecule has 0 bridgehead atoms. The van der Waals surface area contributed by atoms with Gasteiger partial charge >= 0.3 is 0 Å². The Hall–Kier alpha value is -1.87. The van der Waals surface area contributed by atoms with E-state index in [0.717, 1.165) is 17.9 Å². The predicted molar refractivity (Wildman–Crippen MR) is 75.4 cm³/mol. The van der Waals surface area contributed by atoms with Crippen LogP contribution >= 0.6 is 0 Å². The topological polar surface area (TPSA) is 34.1 Å². The maximum atomic E-state index is 5.83. The number of hydrogen-bond donors (Lipinski definition) is 1. The monoisotopic (exact) mass is 254 g/mol. The van der Waals surface area contributed by atoms with Gasteiger partial charge in [0.15, 0.2) is 0 Å². The van der Waals surface area contributed by atoms with E-state index in [1.54, 1.807) is 6.20 Å². The molecule has 0 amide bonds. The van der Waals surface area contributed by atoms with E-state index in [4.69, 9.17) is 4.74 Å². The van der Waals surface area contributed by atoms with E-state index in [1.807, 2.05) is 43.3 Å². The van der Waals surface area contributed by atoms with Crippen molar-refractivity contribution in [2.45, 2.75) is 32.4 Å². The van der Waals surface area contributed by atoms with Gasteiger partial charge in [-0.05, 0) is 43.0 Å². The highest BCUT2D eigenvalue weighted by atomic mass is 16.5. The van der Waals surface area contributed by atoms with E-state index in [1.165, 1.54) is 18.4 Å². The van der Waals surface area contributed by atoms with E-state index < -0.39 is 0 Å². The lowest BCUT2D eigenvalue weighted by Crippen LogP contribution is -2.15. The highest BCUT2D eigenvalue weighted by molar-refractivity contribution is 5.35. The minimum absolute atomic E-state index is 0.657. The minimum atomic E-state index is 0.657. The number of pyridine rings is 1. The van der Waals surface area contributed by atoms with Crippen molar-refractivity contribution in [1.29, 1.82) is 0 Å². The van der Waals surface area contributed by atoms with Crippen LogP contribution in [0.25, 0.3) is 0 Å². The van der Waals surface area contributed by atoms with Gasteiger partial charge in [-0.25, -0.2) is 4.98 Å². The van der Waals surface area contributed by atoms with Gasteiger partial charge in [0.2, 0.25) is 5.88 Å². The maximum Gasteiger partial charge on any atom is 0.219 e. The predicted octanol–water partition coefficient (Wildman–Crippen LogP) is 3.43. The Kier molecular flexibility index (Phi) is 3.47. The normalized spacial score (nSPS) is 14.4. The number of benzene rings is 1. The van der Waals surface area contributed by atoms with Crippen LogP contribution in [-0.4, -0.2) is 11.0 Å². The largest absolute Gasteiger partial charge is 0.439 e. The highest BCUT2D eigenvalue weighted by Gasteiger charge is 2.19. The van der Waals surface area contributed by atoms with E-state index in [9.17, 15) is 0 Å². The molecule has 3 rings (SSSR count). The second-order valence-electron chi connectivity index (χ2n) is 5.03. The molecule has 19 heavy (non-hydrogen) atoms. The van der Waals surface area contributed by atoms with Crippen molar-refractivity contribution in [1.82, 2.24) is 10.3 Å². The number of rotatable bonds is 5. The Bertz CT molecular complexity index is 564. The van der Waals surface area contributed by atoms with Crippen LogP contribution in [0.4, 0.5) is 0 Å². The van der Waals surface area contributed by atoms with Crippen molar-refractivity contribution >= 4 is 0 Å². The van der Waals surface area contributed by atoms with Crippen LogP contribution in [0.1, 0.15) is 24.0 Å². The first kappa shape index (κ1) is 12.2. The molecule has 0 unspecified atom stereocenters. The zero-order chi connectivity index (χ0) is 13.1. The first-order chi connectivity index (χ1) is 9.31. The zero-order valence-corrected chi connectivity index (χ0v) is 11.1. The molecule has 0 spiro atoms. The molecule has 0 radical (unpaired) electrons. The molecule has 1 saturated carbocycles. The summed E-state index contributed by atoms with van der Waals surface area (Å²) in [4.78, 5) is 4.27. The molecule has 1 aliphatic rings. The van der Waals surface area contributed by atoms with Gasteiger partial charge in [-0.3, -0.25) is 0 Å². The summed E-state index contributed by atoms with van der Waals surface area (Å²) in [6, 6.07) is 12.7. The van der Waals surface area contributed by atoms with Crippen LogP contribution in [0.15, 0.2) is 42.6 Å². The summed E-state index contributed by atoms with van der Waals surface area (Å²) in [6.07, 6.45) is 4.41. The number of nitrogens with one attached hydrogen (secondary N) is 1. The van der Waals surface area contributed by atoms with Crippen molar-refractivity contribution in [3.05, 3.63) is 53.7 Å². The van der Waals surface area contributed by atoms with Crippen molar-refractivity contribution in [3.63, 3.8) is 0 Å². The van der Waals surface area contributed by atoms with Gasteiger partial charge in [0.05, 0.1) is 0 Å². The first-order valence-electron chi connectivity index (χ1n) is 6.73. The van der Waals surface area contributed by atoms with Crippen molar-refractivity contribution < 1.29 is 4.74 Å². The average molecular weight is 254 g/mol. The molecule has 1 aromatic heterocycles. The smallest absolute Gasteiger partial charge is 0.219 e. The number of hydrogen-bond acceptors (Lipinski definition) is 3. The molecule has 1 aliphatic carbocycles. The van der Waals surface area contributed by atoms with Crippen LogP contribution in [0.3, 0.4) is 0 Å². The van der Waals surface area contributed by atoms with Crippen LogP contribution in [0.5, 0.6) is 11.6 Å². The fraction of sp³-hybridized carbons (Fsp3) is 0.312. The summed E-state index contributed by atoms with van der Waals surface area (Å²) in [6.45, 7) is 2.92. The van der Waals surface area contributed by atoms with E-state index in [0.29, 0.717) is 11.9 Å². The Morgan fingerprint density at radius 3 is 2.89 bits per heavy atom. The number of para-hydroxylation sites is 1. The van der Waals surface area contributed by atoms with Crippen LogP contribution < -0.4 is 10.1 Å². The van der Waals surface area contributed by atoms with Gasteiger partial charge < -0.3 is 10.1 Å². The lowest BCUT2D eigenvalue weighted by atomic mass is 10.2. The molecule has 1 heterocycles. The Labute approximate surface area is 113 Å². The molecular weight excluding hydrogens is 236 g/mol. The van der Waals surface area contributed by atoms with Gasteiger partial charge in [-0.1, -0.05) is 18.2 Å². The second kappa shape index (κ2) is 5.41. The molecule has 1 aromatic carbocycles. The maximum absolute atomic E-state index is 5.83. The van der Waals surface area contributed by atoms with Crippen LogP contribution in [0.2, 0.25) is 0 Å². The molecule has 3 nitrogen and oxygen atoms in total. The average Bonchev–Trinajstić information content (AvgIpc) is 3.24. The minimum Gasteiger partial charge on any atom is -0.439 e. The molecule has 0 saturated heterocycles. The standard InChI is InChI=1S/C16H18N2O/c1-12-4-2-3-5-15(12)19-16-10-13(8-9-17-16)11-18-14-6-7-14/h2-5,8-10,14,18H,6-7,11H2,1H3. The lowest BCUT2D eigenvalue weighted by Gasteiger charge is -2.09. The third-order valence-corrected chi connectivity index (χ3v) is 3.28. The Morgan fingerprint density at radius 2 is 2.11 bits per heavy atom. The first-order valence-corrected chi connectivity index (χ1v) is 6.73. The molecule has 1 fully saturated rings. The summed E-state index contributed by atoms with van der Waals surface area (Å²) < 4.78 is 5.83. The van der Waals surface area contributed by atoms with Gasteiger partial charge in [0.1, 0.15) is 5.75 Å². The van der Waals surface area contributed by atoms with Gasteiger partial charge in [0, 0.05) is 24.8 Å². The lowest BCUT2D eigenvalue weighted by molar-refractivity contribution is 0.458. The van der Waals surface area contributed by atoms with E-state index >= 15 is 0 Å². The molecule has 2 aromatic rings. The number of aryl methyl sites for hydroxylation is 1. The van der Waals surface area contributed by atoms with Gasteiger partial charge in [-0.2, -0.15) is 0 Å². The third kappa shape index (κ3) is 3.32. The Morgan fingerprint density at radius 1 is 1.26 bits per heavy atom. The third-order valence-electron chi connectivity index (χ3n) is 3.28. The summed E-state index contributed by atoms with van der Waals surface area (Å²) >= 11 is 0. The molecule has 1 N–H and O–H groups in total. The van der Waals surface area contributed by atoms with Crippen LogP contribution in [0, 0.1) is 6.92 Å². The van der Waals surface area contributed by atoms with Gasteiger partial charge in [0.25, 0.3) is 0 Å². The van der Waals surface area contributed by atoms with E-state index in [-0.39, 0.29) is 0 Å². The van der Waals surface area contributed by atoms with Gasteiger partial charge in [-0.15, -0.1) is 0 Å². The fourth-order valence-electron chi connectivity index (χ4n) is 1.95. The number of nitrogens with zero attached hydrogens (tertiary/aromatic N) is 1. The second-order valence-corrected chi connectivity index (χ2v) is 5.03. The number of aromatic nitrogens is 1. The molecular formula is C16H18N2O. The highest BCUT2D eigenvalue weighted by Crippen LogP contribution is 2.24. The SMILES string of the molecule is Cc1ccccc1Oc1cc(CNC2CC2)ccn1. The van der Waals surface area contributed by atoms with Crippen molar-refractivity contribution in [3.8, 4) is 11.6 Å². The van der Waals surface area contributed by atoms with E-state index in [2.05, 4.69) is 10.3 Å². The summed E-state index contributed by atoms with van der Waals surface area (Å²) in [5, 5.41) is 3.49. The molecule has 0 atom stereocenters. The summed E-state index contributed by atoms with van der Waals surface area (Å²) in [5.74, 6) is 1.52. The molecule has 0 aliphatic heterocycles. The number of ether oxygens (including phenoxy) is 1. The zero-order valence-electron chi connectivity index (χ0n) is 11.1.